The van der Waals surface area contributed by atoms with Crippen LogP contribution in [0, 0.1) is 97.1 Å². The second-order valence-electron chi connectivity index (χ2n) is 33.0. The van der Waals surface area contributed by atoms with E-state index in [1.54, 1.807) is 16.8 Å². The van der Waals surface area contributed by atoms with E-state index in [0.717, 1.165) is 56.4 Å². The molecule has 3 N–H and O–H groups in total. The number of hydrogen-bond acceptors (Lipinski definition) is 8. The number of ether oxygens (including phenoxy) is 2. The third kappa shape index (κ3) is 5.76. The van der Waals surface area contributed by atoms with E-state index in [1.807, 2.05) is 0 Å². The van der Waals surface area contributed by atoms with Crippen LogP contribution in [0.4, 0.5) is 0 Å². The lowest BCUT2D eigenvalue weighted by molar-refractivity contribution is -0.282. The molecule has 0 aromatic heterocycles. The van der Waals surface area contributed by atoms with E-state index in [1.165, 1.54) is 160 Å². The Morgan fingerprint density at radius 2 is 1.65 bits per heavy atom. The average Bonchev–Trinajstić information content (AvgIpc) is 1.32. The molecule has 8 heteroatoms. The number of benzene rings is 1. The van der Waals surface area contributed by atoms with Gasteiger partial charge in [0.05, 0.1) is 11.0 Å². The molecule has 9 heterocycles. The molecular weight excluding hydrogens is 1010 g/mol. The van der Waals surface area contributed by atoms with Gasteiger partial charge in [0.25, 0.3) is 0 Å². The number of esters is 2. The molecule has 21 aliphatic rings. The maximum absolute atomic E-state index is 17.1. The summed E-state index contributed by atoms with van der Waals surface area (Å²) in [6, 6.07) is 7.18. The van der Waals surface area contributed by atoms with Crippen molar-refractivity contribution in [1.82, 2.24) is 9.80 Å². The molecule has 1 unspecified atom stereocenters. The summed E-state index contributed by atoms with van der Waals surface area (Å²) in [6.45, 7) is 6.46. The van der Waals surface area contributed by atoms with Crippen molar-refractivity contribution in [2.45, 2.75) is 224 Å². The highest BCUT2D eigenvalue weighted by molar-refractivity contribution is 6.00. The Balaban J connectivity index is 0.871. The van der Waals surface area contributed by atoms with Gasteiger partial charge in [-0.2, -0.15) is 0 Å². The van der Waals surface area contributed by atoms with Gasteiger partial charge < -0.3 is 25.2 Å². The minimum Gasteiger partial charge on any atom is -0.509 e. The molecule has 22 rings (SSSR count). The van der Waals surface area contributed by atoms with Crippen molar-refractivity contribution >= 4 is 11.9 Å². The van der Waals surface area contributed by atoms with Crippen molar-refractivity contribution in [1.29, 1.82) is 0 Å². The number of aliphatic hydroxyl groups excluding tert-OH is 1. The largest absolute Gasteiger partial charge is 0.509 e. The maximum atomic E-state index is 17.1. The molecule has 14 bridgehead atoms. The number of aryl methyl sites for hydroxylation is 1. The van der Waals surface area contributed by atoms with Crippen LogP contribution in [0.25, 0.3) is 0 Å². The van der Waals surface area contributed by atoms with Gasteiger partial charge in [0.15, 0.2) is 11.4 Å². The Bertz CT molecular complexity index is 3150. The van der Waals surface area contributed by atoms with Gasteiger partial charge in [0, 0.05) is 66.7 Å². The number of carbonyl (C=O) groups is 2. The smallest absolute Gasteiger partial charge is 0.339 e. The number of fused-ring (bicyclic) bond motifs is 4. The monoisotopic (exact) mass is 1110 g/mol. The Labute approximate surface area is 489 Å². The second-order valence-corrected chi connectivity index (χ2v) is 33.0. The summed E-state index contributed by atoms with van der Waals surface area (Å²) in [5, 5.41) is 14.4. The number of piperidine rings is 2. The van der Waals surface area contributed by atoms with E-state index in [-0.39, 0.29) is 47.1 Å². The van der Waals surface area contributed by atoms with Gasteiger partial charge in [-0.15, -0.1) is 0 Å². The Kier molecular flexibility index (Phi) is 10.4. The van der Waals surface area contributed by atoms with Crippen LogP contribution in [0.1, 0.15) is 221 Å². The molecule has 436 valence electrons. The highest BCUT2D eigenvalue weighted by Gasteiger charge is 2.94. The molecule has 0 radical (unpaired) electrons. The number of allylic oxidation sites excluding steroid dienone is 5. The van der Waals surface area contributed by atoms with Crippen molar-refractivity contribution in [3.8, 4) is 0 Å². The molecule has 82 heavy (non-hydrogen) atoms. The molecule has 0 amide bonds. The van der Waals surface area contributed by atoms with E-state index in [9.17, 15) is 5.11 Å². The van der Waals surface area contributed by atoms with Crippen molar-refractivity contribution in [2.75, 3.05) is 26.2 Å². The molecule has 1 aromatic carbocycles. The van der Waals surface area contributed by atoms with Crippen molar-refractivity contribution in [3.05, 3.63) is 93.1 Å². The van der Waals surface area contributed by atoms with Crippen molar-refractivity contribution in [2.24, 2.45) is 103 Å². The first-order valence-electron chi connectivity index (χ1n) is 35.0. The number of hydrogen-bond donors (Lipinski definition) is 2. The number of carbonyl (C=O) groups excluding carboxylic acids is 2. The van der Waals surface area contributed by atoms with Crippen molar-refractivity contribution < 1.29 is 24.2 Å². The molecule has 1 aromatic rings. The summed E-state index contributed by atoms with van der Waals surface area (Å²) in [4.78, 5) is 38.8. The standard InChI is InChI=1S/C74H95N3O5/c1-44-33-49-18-19-56-51-34-45-39-76(41-51)59(68-30-20-52-14-8-27-70(52)28-10-29-71(70,43-68)69(42-68)25-4-5-26-69)37-57(78)64-72-31-21-53-61(63(49)77(56)40-45)54(44)35-48-17-16-47(50-12-7-24-67(38-50)22-2-3-23-67)36-58(73(72,62(48)53)66(80)81-64)74(72)55-15-6-11-46(13-9-32-75)60(55)65(79)82-74/h6,11,15-17,20,30,44-45,47-48,50-52,54,56,58-59,61,78H,2-5,7-10,12-14,18-19,21-29,31-43,75H2,1H3/b17-16-,64-57-/t44-,45+,47-,48+,50+,51-,52-,54-,56-,58+,59+,61+,68+,70+,71-,72-,73-,74-/m1/s1. The molecule has 7 saturated carbocycles. The minimum absolute atomic E-state index is 0.0776. The van der Waals surface area contributed by atoms with Gasteiger partial charge >= 0.3 is 11.9 Å². The number of rotatable bonds is 5. The topological polar surface area (TPSA) is 105 Å². The molecule has 3 saturated heterocycles. The highest BCUT2D eigenvalue weighted by Crippen LogP contribution is 2.89. The van der Waals surface area contributed by atoms with Crippen LogP contribution in [-0.2, 0) is 26.3 Å². The predicted molar refractivity (Wildman–Crippen MR) is 316 cm³/mol. The molecule has 10 fully saturated rings. The van der Waals surface area contributed by atoms with Crippen LogP contribution in [-0.4, -0.2) is 65.1 Å². The van der Waals surface area contributed by atoms with Crippen LogP contribution >= 0.6 is 0 Å². The lowest BCUT2D eigenvalue weighted by Crippen LogP contribution is -2.78. The third-order valence-electron chi connectivity index (χ3n) is 30.8. The molecule has 9 aliphatic heterocycles. The van der Waals surface area contributed by atoms with Gasteiger partial charge in [-0.25, -0.2) is 4.79 Å². The summed E-state index contributed by atoms with van der Waals surface area (Å²) in [5.74, 6) is 4.19. The highest BCUT2D eigenvalue weighted by atomic mass is 16.6. The molecule has 19 atom stereocenters. The zero-order valence-corrected chi connectivity index (χ0v) is 49.8. The van der Waals surface area contributed by atoms with Crippen LogP contribution in [0.3, 0.4) is 0 Å². The fourth-order valence-electron chi connectivity index (χ4n) is 28.8. The van der Waals surface area contributed by atoms with Crippen LogP contribution in [0.5, 0.6) is 0 Å². The van der Waals surface area contributed by atoms with E-state index in [2.05, 4.69) is 59.2 Å². The average molecular weight is 1110 g/mol. The molecule has 12 aliphatic carbocycles. The third-order valence-corrected chi connectivity index (χ3v) is 30.8. The van der Waals surface area contributed by atoms with Crippen LogP contribution in [0.2, 0.25) is 0 Å². The normalized spacial score (nSPS) is 50.8. The van der Waals surface area contributed by atoms with E-state index < -0.39 is 16.4 Å². The first-order valence-corrected chi connectivity index (χ1v) is 35.0. The maximum Gasteiger partial charge on any atom is 0.339 e. The SMILES string of the molecule is C[C@@H]1CC2=C3[C@H]4C5=C6[C@@H](/C=C\[C@@H]([C@H]7CCCC8(CCCC8)C7)C[C@H]7[C@]68C(=O)O/C(=C(\O)C[C@@H]([C@]69C=C[C@H]%10CCC[C@]%10%11CCC[C@@]%11(C6)C6(CCCC6)C9)N6C[C@@H]9C[C@H](C6)[C@@H](CC2)N3C9)[C@@]8(CC5)[C@]72OC(=O)c3c(CCCN)cccc32)C[C@@H]41. The van der Waals surface area contributed by atoms with Gasteiger partial charge in [0.2, 0.25) is 0 Å². The zero-order chi connectivity index (χ0) is 54.5. The van der Waals surface area contributed by atoms with E-state index in [4.69, 9.17) is 15.2 Å². The zero-order valence-electron chi connectivity index (χ0n) is 49.8. The first-order chi connectivity index (χ1) is 40.0. The Morgan fingerprint density at radius 3 is 2.52 bits per heavy atom. The quantitative estimate of drug-likeness (QED) is 0.222. The molecule has 7 spiro atoms. The number of nitrogens with two attached hydrogens (primary N) is 1. The Hall–Kier alpha value is -3.62. The lowest BCUT2D eigenvalue weighted by Gasteiger charge is -2.73. The molecular formula is C74H95N3O5. The van der Waals surface area contributed by atoms with Crippen LogP contribution < -0.4 is 5.73 Å². The van der Waals surface area contributed by atoms with Gasteiger partial charge in [-0.3, -0.25) is 9.69 Å². The number of aliphatic hydroxyl groups is 1. The predicted octanol–water partition coefficient (Wildman–Crippen LogP) is 14.9. The molecule has 8 nitrogen and oxygen atoms in total. The summed E-state index contributed by atoms with van der Waals surface area (Å²) in [7, 11) is 0. The van der Waals surface area contributed by atoms with Crippen LogP contribution in [0.15, 0.2) is 76.4 Å². The summed E-state index contributed by atoms with van der Waals surface area (Å²) < 4.78 is 15.2. The van der Waals surface area contributed by atoms with Gasteiger partial charge in [-0.1, -0.05) is 106 Å². The summed E-state index contributed by atoms with van der Waals surface area (Å²) in [6.07, 6.45) is 48.1. The second kappa shape index (κ2) is 16.9. The summed E-state index contributed by atoms with van der Waals surface area (Å²) >= 11 is 0. The first kappa shape index (κ1) is 50.5. The van der Waals surface area contributed by atoms with E-state index in [0.29, 0.717) is 106 Å². The Morgan fingerprint density at radius 1 is 0.805 bits per heavy atom. The number of nitrogens with zero attached hydrogens (tertiary/aromatic N) is 2. The lowest BCUT2D eigenvalue weighted by atomic mass is 9.27. The van der Waals surface area contributed by atoms with Crippen molar-refractivity contribution in [3.63, 3.8) is 0 Å². The fourth-order valence-corrected chi connectivity index (χ4v) is 28.8. The van der Waals surface area contributed by atoms with Gasteiger partial charge in [0.1, 0.15) is 11.2 Å². The summed E-state index contributed by atoms with van der Waals surface area (Å²) in [5.41, 5.74) is 13.4. The minimum atomic E-state index is -1.17. The fraction of sp³-hybridized carbons (Fsp3) is 0.757. The van der Waals surface area contributed by atoms with E-state index >= 15 is 9.59 Å². The van der Waals surface area contributed by atoms with Gasteiger partial charge in [-0.05, 0) is 234 Å².